The van der Waals surface area contributed by atoms with E-state index in [1.165, 1.54) is 11.0 Å². The molecule has 212 valence electrons. The van der Waals surface area contributed by atoms with Gasteiger partial charge >= 0.3 is 0 Å². The summed E-state index contributed by atoms with van der Waals surface area (Å²) < 4.78 is 26.7. The van der Waals surface area contributed by atoms with E-state index >= 15 is 4.39 Å². The van der Waals surface area contributed by atoms with Gasteiger partial charge in [0.1, 0.15) is 30.8 Å². The van der Waals surface area contributed by atoms with Crippen LogP contribution in [0.4, 0.5) is 4.39 Å². The van der Waals surface area contributed by atoms with Crippen molar-refractivity contribution < 1.29 is 38.1 Å². The molecule has 2 aromatic carbocycles. The topological polar surface area (TPSA) is 138 Å². The van der Waals surface area contributed by atoms with Crippen molar-refractivity contribution in [1.29, 1.82) is 0 Å². The van der Waals surface area contributed by atoms with Crippen molar-refractivity contribution in [3.05, 3.63) is 64.5 Å². The second-order valence-corrected chi connectivity index (χ2v) is 9.95. The van der Waals surface area contributed by atoms with E-state index in [-0.39, 0.29) is 50.4 Å². The van der Waals surface area contributed by atoms with E-state index < -0.39 is 30.3 Å². The fraction of sp³-hybridized carbons (Fsp3) is 0.429. The molecule has 2 aromatic rings. The molecule has 3 aliphatic rings. The Kier molecular flexibility index (Phi) is 8.38. The smallest absolute Gasteiger partial charge is 0.255 e. The molecule has 5 rings (SSSR count). The van der Waals surface area contributed by atoms with Crippen molar-refractivity contribution >= 4 is 23.6 Å². The molecule has 0 saturated carbocycles. The minimum absolute atomic E-state index is 0.0847. The van der Waals surface area contributed by atoms with E-state index in [1.807, 2.05) is 0 Å². The lowest BCUT2D eigenvalue weighted by Gasteiger charge is -2.35. The van der Waals surface area contributed by atoms with E-state index in [0.717, 1.165) is 0 Å². The summed E-state index contributed by atoms with van der Waals surface area (Å²) in [5.74, 6) is -1.72. The summed E-state index contributed by atoms with van der Waals surface area (Å²) in [6.45, 7) is 1.97. The fourth-order valence-corrected chi connectivity index (χ4v) is 5.35. The molecule has 0 bridgehead atoms. The molecule has 2 fully saturated rings. The molecule has 0 spiro atoms. The van der Waals surface area contributed by atoms with Gasteiger partial charge in [-0.15, -0.1) is 0 Å². The maximum Gasteiger partial charge on any atom is 0.255 e. The normalized spacial score (nSPS) is 20.2. The van der Waals surface area contributed by atoms with Crippen LogP contribution < -0.4 is 15.4 Å². The predicted octanol–water partition coefficient (Wildman–Crippen LogP) is 0.647. The first-order valence-electron chi connectivity index (χ1n) is 13.2. The Bertz CT molecular complexity index is 1310. The van der Waals surface area contributed by atoms with Crippen LogP contribution in [-0.2, 0) is 32.3 Å². The van der Waals surface area contributed by atoms with Gasteiger partial charge in [-0.1, -0.05) is 18.2 Å². The first kappa shape index (κ1) is 27.7. The third-order valence-corrected chi connectivity index (χ3v) is 7.51. The Morgan fingerprint density at radius 3 is 2.73 bits per heavy atom. The molecule has 3 aliphatic heterocycles. The Labute approximate surface area is 230 Å². The zero-order valence-corrected chi connectivity index (χ0v) is 21.9. The number of carbonyl (C=O) groups is 4. The highest BCUT2D eigenvalue weighted by Crippen LogP contribution is 2.34. The van der Waals surface area contributed by atoms with Gasteiger partial charge in [-0.3, -0.25) is 29.4 Å². The summed E-state index contributed by atoms with van der Waals surface area (Å²) >= 11 is 0. The maximum atomic E-state index is 15.3. The molecule has 11 nitrogen and oxygen atoms in total. The van der Waals surface area contributed by atoms with Gasteiger partial charge in [-0.2, -0.15) is 0 Å². The number of morpholine rings is 1. The van der Waals surface area contributed by atoms with Crippen LogP contribution >= 0.6 is 0 Å². The van der Waals surface area contributed by atoms with Gasteiger partial charge in [0, 0.05) is 42.7 Å². The van der Waals surface area contributed by atoms with E-state index in [1.54, 1.807) is 30.3 Å². The number of fused-ring (bicyclic) bond motifs is 1. The highest BCUT2D eigenvalue weighted by atomic mass is 19.1. The second-order valence-electron chi connectivity index (χ2n) is 9.95. The van der Waals surface area contributed by atoms with E-state index in [4.69, 9.17) is 14.6 Å². The quantitative estimate of drug-likeness (QED) is 0.385. The zero-order valence-electron chi connectivity index (χ0n) is 21.9. The number of amides is 4. The number of nitrogens with one attached hydrogen (secondary N) is 2. The summed E-state index contributed by atoms with van der Waals surface area (Å²) in [5.41, 5.74) is 2.01. The number of benzene rings is 2. The molecule has 4 amide bonds. The van der Waals surface area contributed by atoms with Crippen LogP contribution in [0.3, 0.4) is 0 Å². The molecule has 0 aromatic heterocycles. The summed E-state index contributed by atoms with van der Waals surface area (Å²) in [6, 6.07) is 8.84. The number of aliphatic hydroxyl groups excluding tert-OH is 1. The summed E-state index contributed by atoms with van der Waals surface area (Å²) in [4.78, 5) is 52.1. The lowest BCUT2D eigenvalue weighted by atomic mass is 10.0. The Morgan fingerprint density at radius 2 is 2.00 bits per heavy atom. The van der Waals surface area contributed by atoms with Gasteiger partial charge in [0.15, 0.2) is 0 Å². The van der Waals surface area contributed by atoms with Gasteiger partial charge in [-0.25, -0.2) is 4.39 Å². The van der Waals surface area contributed by atoms with Crippen LogP contribution in [0.5, 0.6) is 5.75 Å². The molecule has 0 aliphatic carbocycles. The maximum absolute atomic E-state index is 15.3. The second kappa shape index (κ2) is 12.1. The predicted molar refractivity (Wildman–Crippen MR) is 138 cm³/mol. The van der Waals surface area contributed by atoms with E-state index in [9.17, 15) is 19.2 Å². The number of nitrogens with zero attached hydrogens (tertiary/aromatic N) is 2. The summed E-state index contributed by atoms with van der Waals surface area (Å²) in [7, 11) is 0. The SMILES string of the molecule is O=C(CO)NCC(c1ccc(COc2cccc3c2CN([C@H]2CCC(=O)NC2=O)C3=O)c(F)c1)N1CCOCC1. The van der Waals surface area contributed by atoms with Crippen molar-refractivity contribution in [2.45, 2.75) is 38.1 Å². The third-order valence-electron chi connectivity index (χ3n) is 7.51. The van der Waals surface area contributed by atoms with Gasteiger partial charge in [-0.05, 0) is 30.2 Å². The third kappa shape index (κ3) is 5.83. The Hall–Kier alpha value is -3.87. The number of imide groups is 1. The van der Waals surface area contributed by atoms with Gasteiger partial charge in [0.25, 0.3) is 5.91 Å². The molecule has 1 unspecified atom stereocenters. The lowest BCUT2D eigenvalue weighted by molar-refractivity contribution is -0.137. The van der Waals surface area contributed by atoms with Crippen LogP contribution in [0.15, 0.2) is 36.4 Å². The minimum atomic E-state index is -0.739. The van der Waals surface area contributed by atoms with Crippen LogP contribution in [0, 0.1) is 5.82 Å². The largest absolute Gasteiger partial charge is 0.488 e. The zero-order chi connectivity index (χ0) is 28.2. The molecule has 2 saturated heterocycles. The summed E-state index contributed by atoms with van der Waals surface area (Å²) in [6.07, 6.45) is 0.419. The van der Waals surface area contributed by atoms with Crippen molar-refractivity contribution in [2.24, 2.45) is 0 Å². The van der Waals surface area contributed by atoms with Gasteiger partial charge in [0.05, 0.1) is 25.8 Å². The molecule has 0 radical (unpaired) electrons. The highest BCUT2D eigenvalue weighted by Gasteiger charge is 2.40. The molecule has 3 heterocycles. The number of aliphatic hydroxyl groups is 1. The van der Waals surface area contributed by atoms with Gasteiger partial charge < -0.3 is 24.8 Å². The summed E-state index contributed by atoms with van der Waals surface area (Å²) in [5, 5.41) is 14.0. The molecular weight excluding hydrogens is 523 g/mol. The number of hydrogen-bond acceptors (Lipinski definition) is 8. The average molecular weight is 555 g/mol. The van der Waals surface area contributed by atoms with E-state index in [0.29, 0.717) is 54.3 Å². The lowest BCUT2D eigenvalue weighted by Crippen LogP contribution is -2.52. The molecule has 40 heavy (non-hydrogen) atoms. The van der Waals surface area contributed by atoms with Crippen molar-refractivity contribution in [1.82, 2.24) is 20.4 Å². The van der Waals surface area contributed by atoms with Crippen molar-refractivity contribution in [3.63, 3.8) is 0 Å². The monoisotopic (exact) mass is 554 g/mol. The number of carbonyl (C=O) groups excluding carboxylic acids is 4. The standard InChI is InChI=1S/C28H31FN4O7/c29-21-12-17(23(13-30-26(36)15-34)32-8-10-39-11-9-32)4-5-18(21)16-40-24-3-1-2-19-20(24)14-33(28(19)38)22-6-7-25(35)31-27(22)37/h1-5,12,22-23,34H,6-11,13-16H2,(H,30,36)(H,31,35,37)/t22-,23?/m0/s1. The average Bonchev–Trinajstić information content (AvgIpc) is 3.29. The Morgan fingerprint density at radius 1 is 1.20 bits per heavy atom. The molecule has 12 heteroatoms. The number of rotatable bonds is 9. The highest BCUT2D eigenvalue weighted by molar-refractivity contribution is 6.05. The minimum Gasteiger partial charge on any atom is -0.488 e. The Balaban J connectivity index is 1.29. The first-order valence-corrected chi connectivity index (χ1v) is 13.2. The van der Waals surface area contributed by atoms with Crippen LogP contribution in [0.25, 0.3) is 0 Å². The van der Waals surface area contributed by atoms with Crippen molar-refractivity contribution in [2.75, 3.05) is 39.5 Å². The fourth-order valence-electron chi connectivity index (χ4n) is 5.35. The number of hydrogen-bond donors (Lipinski definition) is 3. The van der Waals surface area contributed by atoms with Crippen molar-refractivity contribution in [3.8, 4) is 5.75 Å². The molecular formula is C28H31FN4O7. The number of halogens is 1. The molecule has 3 N–H and O–H groups in total. The number of piperidine rings is 1. The first-order chi connectivity index (χ1) is 19.4. The van der Waals surface area contributed by atoms with Crippen LogP contribution in [-0.4, -0.2) is 84.0 Å². The number of ether oxygens (including phenoxy) is 2. The van der Waals surface area contributed by atoms with Crippen LogP contribution in [0.1, 0.15) is 45.9 Å². The van der Waals surface area contributed by atoms with Crippen LogP contribution in [0.2, 0.25) is 0 Å². The van der Waals surface area contributed by atoms with Gasteiger partial charge in [0.2, 0.25) is 17.7 Å². The molecule has 2 atom stereocenters. The van der Waals surface area contributed by atoms with E-state index in [2.05, 4.69) is 15.5 Å².